The average Bonchev–Trinajstić information content (AvgIpc) is 3.00. The van der Waals surface area contributed by atoms with Crippen LogP contribution in [0.15, 0.2) is 17.0 Å². The topological polar surface area (TPSA) is 49.4 Å². The van der Waals surface area contributed by atoms with Crippen molar-refractivity contribution < 1.29 is 8.42 Å². The lowest BCUT2D eigenvalue weighted by molar-refractivity contribution is 0.234. The summed E-state index contributed by atoms with van der Waals surface area (Å²) in [4.78, 5) is 0.514. The Hall–Kier alpha value is -0.620. The average molecular weight is 373 g/mol. The molecule has 1 atom stereocenters. The quantitative estimate of drug-likeness (QED) is 0.886. The molecule has 1 N–H and O–H groups in total. The third kappa shape index (κ3) is 3.79. The minimum Gasteiger partial charge on any atom is -0.314 e. The molecule has 0 radical (unpaired) electrons. The summed E-state index contributed by atoms with van der Waals surface area (Å²) in [5, 5.41) is 3.57. The number of hydrogen-bond acceptors (Lipinski definition) is 3. The van der Waals surface area contributed by atoms with Crippen LogP contribution in [-0.2, 0) is 10.0 Å². The molecule has 2 aliphatic rings. The van der Waals surface area contributed by atoms with Crippen LogP contribution in [0, 0.1) is 26.7 Å². The predicted molar refractivity (Wildman–Crippen MR) is 100 cm³/mol. The highest BCUT2D eigenvalue weighted by Crippen LogP contribution is 2.31. The van der Waals surface area contributed by atoms with Crippen LogP contribution in [0.2, 0.25) is 0 Å². The molecule has 0 amide bonds. The molecule has 136 valence electrons. The van der Waals surface area contributed by atoms with Gasteiger partial charge in [0.15, 0.2) is 0 Å². The Morgan fingerprint density at radius 3 is 2.12 bits per heavy atom. The summed E-state index contributed by atoms with van der Waals surface area (Å²) in [5.41, 5.74) is 2.84. The van der Waals surface area contributed by atoms with Crippen LogP contribution in [0.25, 0.3) is 0 Å². The van der Waals surface area contributed by atoms with Gasteiger partial charge in [0.1, 0.15) is 0 Å². The van der Waals surface area contributed by atoms with Crippen molar-refractivity contribution in [2.75, 3.05) is 19.6 Å². The molecule has 1 aromatic rings. The lowest BCUT2D eigenvalue weighted by atomic mass is 9.89. The normalized spacial score (nSPS) is 23.2. The van der Waals surface area contributed by atoms with Gasteiger partial charge in [-0.1, -0.05) is 17.7 Å². The largest absolute Gasteiger partial charge is 0.314 e. The van der Waals surface area contributed by atoms with E-state index in [1.54, 1.807) is 4.31 Å². The molecule has 0 bridgehead atoms. The van der Waals surface area contributed by atoms with E-state index in [0.29, 0.717) is 29.9 Å². The molecular weight excluding hydrogens is 344 g/mol. The van der Waals surface area contributed by atoms with Gasteiger partial charge in [-0.3, -0.25) is 0 Å². The number of hydrogen-bond donors (Lipinski definition) is 1. The molecule has 1 unspecified atom stereocenters. The fourth-order valence-corrected chi connectivity index (χ4v) is 6.22. The van der Waals surface area contributed by atoms with Gasteiger partial charge in [0.2, 0.25) is 10.0 Å². The second-order valence-electron chi connectivity index (χ2n) is 7.17. The van der Waals surface area contributed by atoms with Crippen LogP contribution in [0.5, 0.6) is 0 Å². The Bertz CT molecular complexity index is 653. The maximum atomic E-state index is 13.1. The van der Waals surface area contributed by atoms with E-state index in [1.165, 1.54) is 12.8 Å². The Morgan fingerprint density at radius 1 is 1.04 bits per heavy atom. The van der Waals surface area contributed by atoms with Crippen LogP contribution >= 0.6 is 12.4 Å². The minimum absolute atomic E-state index is 0. The molecule has 0 aliphatic carbocycles. The van der Waals surface area contributed by atoms with E-state index in [4.69, 9.17) is 0 Å². The van der Waals surface area contributed by atoms with E-state index in [0.717, 1.165) is 36.1 Å². The van der Waals surface area contributed by atoms with Crippen molar-refractivity contribution in [3.63, 3.8) is 0 Å². The minimum atomic E-state index is -3.37. The van der Waals surface area contributed by atoms with Crippen molar-refractivity contribution in [1.29, 1.82) is 0 Å². The van der Waals surface area contributed by atoms with E-state index in [-0.39, 0.29) is 12.4 Å². The van der Waals surface area contributed by atoms with Crippen LogP contribution in [-0.4, -0.2) is 38.4 Å². The molecule has 3 rings (SSSR count). The van der Waals surface area contributed by atoms with E-state index in [1.807, 2.05) is 32.9 Å². The van der Waals surface area contributed by atoms with Gasteiger partial charge in [-0.2, -0.15) is 4.31 Å². The van der Waals surface area contributed by atoms with Crippen LogP contribution in [0.4, 0.5) is 0 Å². The Kier molecular flexibility index (Phi) is 6.35. The number of sulfonamides is 1. The summed E-state index contributed by atoms with van der Waals surface area (Å²) < 4.78 is 27.9. The molecule has 2 fully saturated rings. The van der Waals surface area contributed by atoms with Crippen molar-refractivity contribution in [2.45, 2.75) is 57.4 Å². The van der Waals surface area contributed by atoms with Gasteiger partial charge in [-0.25, -0.2) is 8.42 Å². The summed E-state index contributed by atoms with van der Waals surface area (Å²) in [7, 11) is -3.37. The van der Waals surface area contributed by atoms with Gasteiger partial charge in [0.25, 0.3) is 0 Å². The highest BCUT2D eigenvalue weighted by atomic mass is 35.5. The molecule has 0 spiro atoms. The smallest absolute Gasteiger partial charge is 0.243 e. The second kappa shape index (κ2) is 7.73. The molecule has 1 aromatic carbocycles. The van der Waals surface area contributed by atoms with Gasteiger partial charge in [0.05, 0.1) is 4.90 Å². The maximum absolute atomic E-state index is 13.1. The molecule has 0 saturated carbocycles. The molecule has 24 heavy (non-hydrogen) atoms. The zero-order chi connectivity index (χ0) is 16.6. The zero-order valence-corrected chi connectivity index (χ0v) is 16.5. The van der Waals surface area contributed by atoms with E-state index in [2.05, 4.69) is 5.32 Å². The summed E-state index contributed by atoms with van der Waals surface area (Å²) in [6.07, 6.45) is 4.44. The molecule has 2 saturated heterocycles. The van der Waals surface area contributed by atoms with E-state index in [9.17, 15) is 8.42 Å². The van der Waals surface area contributed by atoms with Crippen LogP contribution in [0.3, 0.4) is 0 Å². The highest BCUT2D eigenvalue weighted by Gasteiger charge is 2.34. The summed E-state index contributed by atoms with van der Waals surface area (Å²) >= 11 is 0. The molecule has 2 aliphatic heterocycles. The number of halogens is 1. The molecule has 2 heterocycles. The first kappa shape index (κ1) is 19.7. The number of nitrogens with one attached hydrogen (secondary N) is 1. The van der Waals surface area contributed by atoms with Gasteiger partial charge in [-0.15, -0.1) is 12.4 Å². The highest BCUT2D eigenvalue weighted by molar-refractivity contribution is 7.89. The molecule has 0 aromatic heterocycles. The zero-order valence-electron chi connectivity index (χ0n) is 14.8. The summed E-state index contributed by atoms with van der Waals surface area (Å²) in [6.45, 7) is 8.24. The van der Waals surface area contributed by atoms with Gasteiger partial charge >= 0.3 is 0 Å². The Morgan fingerprint density at radius 2 is 1.62 bits per heavy atom. The van der Waals surface area contributed by atoms with Crippen molar-refractivity contribution in [3.8, 4) is 0 Å². The lowest BCUT2D eigenvalue weighted by Crippen LogP contribution is -2.43. The van der Waals surface area contributed by atoms with Crippen molar-refractivity contribution in [3.05, 3.63) is 28.8 Å². The Balaban J connectivity index is 0.00000208. The first-order chi connectivity index (χ1) is 10.9. The second-order valence-corrected chi connectivity index (χ2v) is 9.05. The first-order valence-electron chi connectivity index (χ1n) is 8.71. The summed E-state index contributed by atoms with van der Waals surface area (Å²) in [5.74, 6) is 0.629. The number of piperidine rings is 1. The van der Waals surface area contributed by atoms with Crippen molar-refractivity contribution >= 4 is 22.4 Å². The summed E-state index contributed by atoms with van der Waals surface area (Å²) in [6, 6.07) is 4.53. The number of benzene rings is 1. The van der Waals surface area contributed by atoms with E-state index >= 15 is 0 Å². The molecule has 4 nitrogen and oxygen atoms in total. The third-order valence-electron chi connectivity index (χ3n) is 5.37. The number of rotatable bonds is 3. The monoisotopic (exact) mass is 372 g/mol. The van der Waals surface area contributed by atoms with Crippen LogP contribution in [0.1, 0.15) is 42.4 Å². The number of nitrogens with zero attached hydrogens (tertiary/aromatic N) is 1. The molecular formula is C18H29ClN2O2S. The fraction of sp³-hybridized carbons (Fsp3) is 0.667. The van der Waals surface area contributed by atoms with E-state index < -0.39 is 10.0 Å². The maximum Gasteiger partial charge on any atom is 0.243 e. The number of aryl methyl sites for hydroxylation is 3. The van der Waals surface area contributed by atoms with Crippen molar-refractivity contribution in [1.82, 2.24) is 9.62 Å². The lowest BCUT2D eigenvalue weighted by Gasteiger charge is -2.34. The SMILES string of the molecule is Cc1cc(C)c(S(=O)(=O)N2CCC(C3CCCN3)CC2)c(C)c1.Cl. The van der Waals surface area contributed by atoms with Crippen molar-refractivity contribution in [2.24, 2.45) is 5.92 Å². The Labute approximate surface area is 152 Å². The van der Waals surface area contributed by atoms with Gasteiger partial charge < -0.3 is 5.32 Å². The van der Waals surface area contributed by atoms with Gasteiger partial charge in [-0.05, 0) is 70.0 Å². The van der Waals surface area contributed by atoms with Crippen LogP contribution < -0.4 is 5.32 Å². The fourth-order valence-electron chi connectivity index (χ4n) is 4.34. The first-order valence-corrected chi connectivity index (χ1v) is 10.1. The van der Waals surface area contributed by atoms with Gasteiger partial charge in [0, 0.05) is 19.1 Å². The molecule has 6 heteroatoms. The standard InChI is InChI=1S/C18H28N2O2S.ClH/c1-13-11-14(2)18(15(3)12-13)23(21,22)20-9-6-16(7-10-20)17-5-4-8-19-17;/h11-12,16-17,19H,4-10H2,1-3H3;1H. The predicted octanol–water partition coefficient (Wildman–Crippen LogP) is 3.19. The third-order valence-corrected chi connectivity index (χ3v) is 7.57.